The van der Waals surface area contributed by atoms with Crippen LogP contribution >= 0.6 is 0 Å². The van der Waals surface area contributed by atoms with Crippen molar-refractivity contribution in [2.45, 2.75) is 32.7 Å². The van der Waals surface area contributed by atoms with Gasteiger partial charge in [-0.2, -0.15) is 0 Å². The van der Waals surface area contributed by atoms with Crippen molar-refractivity contribution < 1.29 is 19.1 Å². The van der Waals surface area contributed by atoms with Gasteiger partial charge in [0.2, 0.25) is 0 Å². The third kappa shape index (κ3) is 3.55. The van der Waals surface area contributed by atoms with Crippen LogP contribution in [0.1, 0.15) is 54.4 Å². The first kappa shape index (κ1) is 21.4. The maximum absolute atomic E-state index is 13.6. The fraction of sp³-hybridized carbons (Fsp3) is 0.200. The van der Waals surface area contributed by atoms with E-state index in [-0.39, 0.29) is 22.8 Å². The molecule has 1 aromatic heterocycles. The van der Waals surface area contributed by atoms with Gasteiger partial charge >= 0.3 is 5.97 Å². The average molecular weight is 464 g/mol. The summed E-state index contributed by atoms with van der Waals surface area (Å²) in [5.74, 6) is 0.485. The van der Waals surface area contributed by atoms with E-state index in [0.29, 0.717) is 17.9 Å². The van der Waals surface area contributed by atoms with Crippen LogP contribution in [0.4, 0.5) is 5.69 Å². The average Bonchev–Trinajstić information content (AvgIpc) is 3.32. The van der Waals surface area contributed by atoms with Gasteiger partial charge < -0.3 is 14.8 Å². The number of hydrogen-bond donors (Lipinski definition) is 2. The van der Waals surface area contributed by atoms with E-state index in [0.717, 1.165) is 45.2 Å². The first-order valence-corrected chi connectivity index (χ1v) is 11.8. The zero-order chi connectivity index (χ0) is 24.3. The molecule has 4 aromatic rings. The Morgan fingerprint density at radius 1 is 0.971 bits per heavy atom. The summed E-state index contributed by atoms with van der Waals surface area (Å²) in [7, 11) is 0. The first-order chi connectivity index (χ1) is 16.8. The van der Waals surface area contributed by atoms with Crippen LogP contribution in [0.5, 0.6) is 0 Å². The number of ketones is 1. The third-order valence-corrected chi connectivity index (χ3v) is 7.07. The van der Waals surface area contributed by atoms with E-state index in [1.54, 1.807) is 24.3 Å². The van der Waals surface area contributed by atoms with E-state index in [1.165, 1.54) is 0 Å². The zero-order valence-electron chi connectivity index (χ0n) is 19.6. The van der Waals surface area contributed by atoms with Crippen LogP contribution in [0, 0.1) is 5.41 Å². The monoisotopic (exact) mass is 463 g/mol. The number of carboxylic acids is 1. The molecular weight excluding hydrogens is 438 g/mol. The van der Waals surface area contributed by atoms with Gasteiger partial charge in [-0.15, -0.1) is 0 Å². The van der Waals surface area contributed by atoms with Crippen molar-refractivity contribution in [2.75, 3.05) is 5.32 Å². The van der Waals surface area contributed by atoms with Crippen molar-refractivity contribution in [2.24, 2.45) is 5.41 Å². The molecule has 6 rings (SSSR count). The summed E-state index contributed by atoms with van der Waals surface area (Å²) in [6.45, 7) is 4.31. The summed E-state index contributed by atoms with van der Waals surface area (Å²) in [6.07, 6.45) is 1.31. The van der Waals surface area contributed by atoms with Gasteiger partial charge in [-0.1, -0.05) is 56.3 Å². The summed E-state index contributed by atoms with van der Waals surface area (Å²) in [4.78, 5) is 24.7. The van der Waals surface area contributed by atoms with Crippen molar-refractivity contribution in [1.29, 1.82) is 0 Å². The molecule has 2 aliphatic rings. The van der Waals surface area contributed by atoms with Gasteiger partial charge in [-0.3, -0.25) is 4.79 Å². The van der Waals surface area contributed by atoms with Gasteiger partial charge in [-0.05, 0) is 58.5 Å². The van der Waals surface area contributed by atoms with Crippen molar-refractivity contribution in [3.63, 3.8) is 0 Å². The molecule has 5 nitrogen and oxygen atoms in total. The summed E-state index contributed by atoms with van der Waals surface area (Å²) in [5, 5.41) is 15.1. The van der Waals surface area contributed by atoms with E-state index in [1.807, 2.05) is 24.3 Å². The standard InChI is InChI=1S/C30H25NO4/c1-30(2)15-21-26-20-6-4-3-5-17(20)11-12-22(26)31-28(27(21)23(32)16-30)25-14-13-24(35-25)18-7-9-19(10-8-18)29(33)34/h3-14,28,31H,15-16H2,1-2H3,(H,33,34). The quantitative estimate of drug-likeness (QED) is 0.338. The third-order valence-electron chi connectivity index (χ3n) is 7.07. The lowest BCUT2D eigenvalue weighted by atomic mass is 9.68. The Morgan fingerprint density at radius 3 is 2.51 bits per heavy atom. The molecule has 174 valence electrons. The molecule has 5 heteroatoms. The predicted octanol–water partition coefficient (Wildman–Crippen LogP) is 7.11. The van der Waals surface area contributed by atoms with Crippen LogP contribution in [-0.4, -0.2) is 16.9 Å². The maximum atomic E-state index is 13.6. The molecular formula is C30H25NO4. The largest absolute Gasteiger partial charge is 0.478 e. The number of hydrogen-bond acceptors (Lipinski definition) is 4. The summed E-state index contributed by atoms with van der Waals surface area (Å²) in [6, 6.07) is 22.5. The summed E-state index contributed by atoms with van der Waals surface area (Å²) in [5.41, 5.74) is 4.90. The molecule has 0 bridgehead atoms. The minimum Gasteiger partial charge on any atom is -0.478 e. The van der Waals surface area contributed by atoms with Crippen LogP contribution in [0.3, 0.4) is 0 Å². The number of aromatic carboxylic acids is 1. The first-order valence-electron chi connectivity index (χ1n) is 11.8. The number of anilines is 1. The van der Waals surface area contributed by atoms with Gasteiger partial charge in [0, 0.05) is 28.8 Å². The molecule has 2 heterocycles. The fourth-order valence-corrected chi connectivity index (χ4v) is 5.49. The van der Waals surface area contributed by atoms with Gasteiger partial charge in [0.15, 0.2) is 5.78 Å². The Kier molecular flexibility index (Phi) is 4.71. The van der Waals surface area contributed by atoms with Crippen LogP contribution in [0.2, 0.25) is 0 Å². The number of Topliss-reactive ketones (excluding diaryl/α,β-unsaturated/α-hetero) is 1. The molecule has 0 saturated carbocycles. The number of furan rings is 1. The summed E-state index contributed by atoms with van der Waals surface area (Å²) >= 11 is 0. The Bertz CT molecular complexity index is 1540. The smallest absolute Gasteiger partial charge is 0.335 e. The van der Waals surface area contributed by atoms with Crippen LogP contribution in [0.15, 0.2) is 82.8 Å². The molecule has 1 aliphatic carbocycles. The van der Waals surface area contributed by atoms with Crippen LogP contribution in [0.25, 0.3) is 27.7 Å². The second-order valence-corrected chi connectivity index (χ2v) is 10.2. The highest BCUT2D eigenvalue weighted by molar-refractivity contribution is 6.12. The Labute approximate surface area is 203 Å². The lowest BCUT2D eigenvalue weighted by molar-refractivity contribution is -0.118. The van der Waals surface area contributed by atoms with Crippen molar-refractivity contribution in [3.05, 3.63) is 95.3 Å². The molecule has 3 aromatic carbocycles. The van der Waals surface area contributed by atoms with Crippen molar-refractivity contribution >= 4 is 33.8 Å². The number of fused-ring (bicyclic) bond motifs is 4. The van der Waals surface area contributed by atoms with E-state index < -0.39 is 5.97 Å². The molecule has 0 radical (unpaired) electrons. The molecule has 2 N–H and O–H groups in total. The Hall–Kier alpha value is -4.12. The minimum absolute atomic E-state index is 0.119. The topological polar surface area (TPSA) is 79.5 Å². The molecule has 1 unspecified atom stereocenters. The number of nitrogens with one attached hydrogen (secondary N) is 1. The van der Waals surface area contributed by atoms with Crippen LogP contribution < -0.4 is 5.32 Å². The lowest BCUT2D eigenvalue weighted by Gasteiger charge is -2.39. The zero-order valence-corrected chi connectivity index (χ0v) is 19.6. The minimum atomic E-state index is -0.965. The molecule has 0 spiro atoms. The molecule has 0 saturated heterocycles. The number of benzene rings is 3. The predicted molar refractivity (Wildman–Crippen MR) is 136 cm³/mol. The SMILES string of the molecule is CC1(C)CC(=O)C2=C(C1)c1c(ccc3ccccc13)NC2c1ccc(-c2ccc(C(=O)O)cc2)o1. The molecule has 1 atom stereocenters. The van der Waals surface area contributed by atoms with Crippen molar-refractivity contribution in [1.82, 2.24) is 0 Å². The van der Waals surface area contributed by atoms with Crippen molar-refractivity contribution in [3.8, 4) is 11.3 Å². The summed E-state index contributed by atoms with van der Waals surface area (Å²) < 4.78 is 6.27. The Morgan fingerprint density at radius 2 is 1.74 bits per heavy atom. The van der Waals surface area contributed by atoms with Gasteiger partial charge in [0.1, 0.15) is 17.6 Å². The van der Waals surface area contributed by atoms with Gasteiger partial charge in [0.25, 0.3) is 0 Å². The second-order valence-electron chi connectivity index (χ2n) is 10.2. The number of carbonyl (C=O) groups excluding carboxylic acids is 1. The number of allylic oxidation sites excluding steroid dienone is 1. The van der Waals surface area contributed by atoms with E-state index >= 15 is 0 Å². The van der Waals surface area contributed by atoms with Gasteiger partial charge in [-0.25, -0.2) is 4.79 Å². The maximum Gasteiger partial charge on any atom is 0.335 e. The normalized spacial score (nSPS) is 18.7. The molecule has 35 heavy (non-hydrogen) atoms. The molecule has 0 fully saturated rings. The lowest BCUT2D eigenvalue weighted by Crippen LogP contribution is -2.33. The highest BCUT2D eigenvalue weighted by Crippen LogP contribution is 2.52. The van der Waals surface area contributed by atoms with E-state index in [9.17, 15) is 9.59 Å². The van der Waals surface area contributed by atoms with Gasteiger partial charge in [0.05, 0.1) is 5.56 Å². The number of carbonyl (C=O) groups is 2. The number of carboxylic acid groups (broad SMARTS) is 1. The highest BCUT2D eigenvalue weighted by Gasteiger charge is 2.41. The molecule has 0 amide bonds. The Balaban J connectivity index is 1.48. The second kappa shape index (κ2) is 7.70. The number of rotatable bonds is 3. The molecule has 1 aliphatic heterocycles. The highest BCUT2D eigenvalue weighted by atomic mass is 16.4. The van der Waals surface area contributed by atoms with E-state index in [4.69, 9.17) is 9.52 Å². The van der Waals surface area contributed by atoms with Crippen LogP contribution in [-0.2, 0) is 4.79 Å². The fourth-order valence-electron chi connectivity index (χ4n) is 5.49. The van der Waals surface area contributed by atoms with E-state index in [2.05, 4.69) is 43.4 Å².